The Labute approximate surface area is 132 Å². The summed E-state index contributed by atoms with van der Waals surface area (Å²) in [5.74, 6) is 0.223. The van der Waals surface area contributed by atoms with Gasteiger partial charge in [0.05, 0.1) is 6.61 Å². The van der Waals surface area contributed by atoms with E-state index in [9.17, 15) is 4.79 Å². The highest BCUT2D eigenvalue weighted by Gasteiger charge is 2.26. The van der Waals surface area contributed by atoms with Crippen molar-refractivity contribution in [2.45, 2.75) is 26.0 Å². The lowest BCUT2D eigenvalue weighted by atomic mass is 10.1. The summed E-state index contributed by atoms with van der Waals surface area (Å²) in [5.41, 5.74) is 1.25. The van der Waals surface area contributed by atoms with Crippen LogP contribution in [0.1, 0.15) is 18.9 Å². The van der Waals surface area contributed by atoms with Gasteiger partial charge in [-0.3, -0.25) is 9.69 Å². The fourth-order valence-corrected chi connectivity index (χ4v) is 2.56. The molecule has 0 saturated carbocycles. The first-order valence-electron chi connectivity index (χ1n) is 7.95. The van der Waals surface area contributed by atoms with E-state index in [0.717, 1.165) is 13.1 Å². The first-order valence-corrected chi connectivity index (χ1v) is 7.95. The van der Waals surface area contributed by atoms with Crippen molar-refractivity contribution in [2.24, 2.45) is 5.92 Å². The van der Waals surface area contributed by atoms with Gasteiger partial charge < -0.3 is 15.2 Å². The minimum absolute atomic E-state index is 0.0532. The van der Waals surface area contributed by atoms with Crippen LogP contribution in [0, 0.1) is 5.92 Å². The second-order valence-corrected chi connectivity index (χ2v) is 5.94. The van der Waals surface area contributed by atoms with E-state index < -0.39 is 6.10 Å². The molecule has 1 aromatic rings. The number of nitrogens with one attached hydrogen (secondary N) is 1. The van der Waals surface area contributed by atoms with E-state index >= 15 is 0 Å². The van der Waals surface area contributed by atoms with Crippen LogP contribution in [0.3, 0.4) is 0 Å². The quantitative estimate of drug-likeness (QED) is 0.790. The summed E-state index contributed by atoms with van der Waals surface area (Å²) in [6.45, 7) is 5.64. The number of aliphatic hydroxyl groups excluding tert-OH is 1. The van der Waals surface area contributed by atoms with Gasteiger partial charge in [0.25, 0.3) is 0 Å². The van der Waals surface area contributed by atoms with Gasteiger partial charge in [0.2, 0.25) is 5.91 Å². The summed E-state index contributed by atoms with van der Waals surface area (Å²) in [4.78, 5) is 14.4. The van der Waals surface area contributed by atoms with Crippen molar-refractivity contribution in [3.63, 3.8) is 0 Å². The van der Waals surface area contributed by atoms with Crippen LogP contribution in [0.5, 0.6) is 0 Å². The van der Waals surface area contributed by atoms with Crippen LogP contribution < -0.4 is 5.32 Å². The zero-order valence-electron chi connectivity index (χ0n) is 13.2. The average molecular weight is 306 g/mol. The molecule has 1 amide bonds. The molecule has 0 bridgehead atoms. The number of ether oxygens (including phenoxy) is 1. The molecule has 1 heterocycles. The number of carbonyl (C=O) groups excluding carboxylic acids is 1. The van der Waals surface area contributed by atoms with E-state index in [2.05, 4.69) is 22.3 Å². The number of hydrogen-bond acceptors (Lipinski definition) is 4. The Morgan fingerprint density at radius 3 is 2.95 bits per heavy atom. The monoisotopic (exact) mass is 306 g/mol. The normalized spacial score (nSPS) is 20.5. The fourth-order valence-electron chi connectivity index (χ4n) is 2.56. The third-order valence-electron chi connectivity index (χ3n) is 3.94. The van der Waals surface area contributed by atoms with Gasteiger partial charge in [0.15, 0.2) is 0 Å². The number of benzene rings is 1. The van der Waals surface area contributed by atoms with Gasteiger partial charge in [-0.25, -0.2) is 0 Å². The number of aliphatic hydroxyl groups is 1. The maximum Gasteiger partial charge on any atom is 0.250 e. The Morgan fingerprint density at radius 2 is 2.23 bits per heavy atom. The van der Waals surface area contributed by atoms with Crippen LogP contribution in [-0.2, 0) is 16.1 Å². The number of hydrogen-bond donors (Lipinski definition) is 2. The van der Waals surface area contributed by atoms with Gasteiger partial charge in [0, 0.05) is 32.8 Å². The van der Waals surface area contributed by atoms with E-state index in [1.54, 1.807) is 0 Å². The van der Waals surface area contributed by atoms with E-state index in [4.69, 9.17) is 9.84 Å². The predicted octanol–water partition coefficient (Wildman–Crippen LogP) is 1.02. The third kappa shape index (κ3) is 5.40. The molecule has 2 N–H and O–H groups in total. The van der Waals surface area contributed by atoms with Crippen molar-refractivity contribution >= 4 is 5.91 Å². The lowest BCUT2D eigenvalue weighted by molar-refractivity contribution is -0.139. The number of nitrogens with zero attached hydrogens (tertiary/aromatic N) is 1. The first kappa shape index (κ1) is 16.9. The van der Waals surface area contributed by atoms with Crippen LogP contribution in [-0.4, -0.2) is 54.9 Å². The van der Waals surface area contributed by atoms with Gasteiger partial charge in [-0.1, -0.05) is 37.3 Å². The van der Waals surface area contributed by atoms with Crippen LogP contribution >= 0.6 is 0 Å². The van der Waals surface area contributed by atoms with Gasteiger partial charge in [-0.2, -0.15) is 0 Å². The maximum atomic E-state index is 12.2. The molecule has 1 fully saturated rings. The van der Waals surface area contributed by atoms with Crippen molar-refractivity contribution < 1.29 is 14.6 Å². The molecular weight excluding hydrogens is 280 g/mol. The number of amides is 1. The SMILES string of the molecule is CC(CCO)CNC(=O)C1CN(Cc2ccccc2)CCO1. The molecule has 22 heavy (non-hydrogen) atoms. The second-order valence-electron chi connectivity index (χ2n) is 5.94. The third-order valence-corrected chi connectivity index (χ3v) is 3.94. The lowest BCUT2D eigenvalue weighted by Gasteiger charge is -2.32. The summed E-state index contributed by atoms with van der Waals surface area (Å²) >= 11 is 0. The summed E-state index contributed by atoms with van der Waals surface area (Å²) in [6, 6.07) is 10.3. The minimum Gasteiger partial charge on any atom is -0.396 e. The maximum absolute atomic E-state index is 12.2. The van der Waals surface area contributed by atoms with Crippen molar-refractivity contribution in [2.75, 3.05) is 32.8 Å². The number of carbonyl (C=O) groups is 1. The zero-order valence-corrected chi connectivity index (χ0v) is 13.2. The van der Waals surface area contributed by atoms with E-state index in [1.807, 2.05) is 25.1 Å². The standard InChI is InChI=1S/C17H26N2O3/c1-14(7-9-20)11-18-17(21)16-13-19(8-10-22-16)12-15-5-3-2-4-6-15/h2-6,14,16,20H,7-13H2,1H3,(H,18,21). The highest BCUT2D eigenvalue weighted by Crippen LogP contribution is 2.11. The molecule has 1 aromatic carbocycles. The molecule has 122 valence electrons. The molecule has 5 nitrogen and oxygen atoms in total. The summed E-state index contributed by atoms with van der Waals surface area (Å²) in [5, 5.41) is 11.8. The molecule has 2 atom stereocenters. The zero-order chi connectivity index (χ0) is 15.8. The summed E-state index contributed by atoms with van der Waals surface area (Å²) in [6.07, 6.45) is 0.296. The Kier molecular flexibility index (Phi) is 6.83. The molecule has 0 aromatic heterocycles. The van der Waals surface area contributed by atoms with Gasteiger partial charge >= 0.3 is 0 Å². The molecule has 0 radical (unpaired) electrons. The molecule has 5 heteroatoms. The first-order chi connectivity index (χ1) is 10.7. The van der Waals surface area contributed by atoms with E-state index in [-0.39, 0.29) is 18.4 Å². The molecular formula is C17H26N2O3. The molecule has 0 aliphatic carbocycles. The Balaban J connectivity index is 1.78. The van der Waals surface area contributed by atoms with Crippen LogP contribution in [0.4, 0.5) is 0 Å². The van der Waals surface area contributed by atoms with Gasteiger partial charge in [-0.05, 0) is 17.9 Å². The second kappa shape index (κ2) is 8.88. The fraction of sp³-hybridized carbons (Fsp3) is 0.588. The van der Waals surface area contributed by atoms with Crippen molar-refractivity contribution in [3.05, 3.63) is 35.9 Å². The van der Waals surface area contributed by atoms with Gasteiger partial charge in [-0.15, -0.1) is 0 Å². The minimum atomic E-state index is -0.404. The smallest absolute Gasteiger partial charge is 0.250 e. The molecule has 2 rings (SSSR count). The number of morpholine rings is 1. The molecule has 1 aliphatic rings. The van der Waals surface area contributed by atoms with E-state index in [1.165, 1.54) is 5.56 Å². The Bertz CT molecular complexity index is 452. The summed E-state index contributed by atoms with van der Waals surface area (Å²) < 4.78 is 5.60. The van der Waals surface area contributed by atoms with Crippen LogP contribution in [0.15, 0.2) is 30.3 Å². The molecule has 2 unspecified atom stereocenters. The highest BCUT2D eigenvalue weighted by atomic mass is 16.5. The Hall–Kier alpha value is -1.43. The van der Waals surface area contributed by atoms with Crippen LogP contribution in [0.2, 0.25) is 0 Å². The van der Waals surface area contributed by atoms with E-state index in [0.29, 0.717) is 26.1 Å². The average Bonchev–Trinajstić information content (AvgIpc) is 2.54. The topological polar surface area (TPSA) is 61.8 Å². The molecule has 1 aliphatic heterocycles. The lowest BCUT2D eigenvalue weighted by Crippen LogP contribution is -2.50. The van der Waals surface area contributed by atoms with Crippen molar-refractivity contribution in [1.29, 1.82) is 0 Å². The van der Waals surface area contributed by atoms with Crippen LogP contribution in [0.25, 0.3) is 0 Å². The van der Waals surface area contributed by atoms with Gasteiger partial charge in [0.1, 0.15) is 6.10 Å². The Morgan fingerprint density at radius 1 is 1.45 bits per heavy atom. The van der Waals surface area contributed by atoms with Crippen molar-refractivity contribution in [1.82, 2.24) is 10.2 Å². The number of rotatable bonds is 7. The van der Waals surface area contributed by atoms with Crippen molar-refractivity contribution in [3.8, 4) is 0 Å². The highest BCUT2D eigenvalue weighted by molar-refractivity contribution is 5.81. The summed E-state index contributed by atoms with van der Waals surface area (Å²) in [7, 11) is 0. The predicted molar refractivity (Wildman–Crippen MR) is 85.3 cm³/mol. The molecule has 0 spiro atoms. The molecule has 1 saturated heterocycles. The largest absolute Gasteiger partial charge is 0.396 e.